The van der Waals surface area contributed by atoms with Gasteiger partial charge in [0.05, 0.1) is 4.90 Å². The van der Waals surface area contributed by atoms with E-state index >= 15 is 0 Å². The van der Waals surface area contributed by atoms with E-state index in [9.17, 15) is 17.6 Å². The predicted molar refractivity (Wildman–Crippen MR) is 111 cm³/mol. The highest BCUT2D eigenvalue weighted by molar-refractivity contribution is 7.89. The SMILES string of the molecule is Cc1ccccc1C(=O)c1csc(NCCCNS(=O)(=O)c2ccc(F)cc2)n1. The van der Waals surface area contributed by atoms with E-state index in [1.54, 1.807) is 11.4 Å². The van der Waals surface area contributed by atoms with Crippen molar-refractivity contribution < 1.29 is 17.6 Å². The molecule has 0 amide bonds. The lowest BCUT2D eigenvalue weighted by Gasteiger charge is -2.07. The number of benzene rings is 2. The summed E-state index contributed by atoms with van der Waals surface area (Å²) < 4.78 is 39.6. The molecule has 0 radical (unpaired) electrons. The number of hydrogen-bond acceptors (Lipinski definition) is 6. The number of thiazole rings is 1. The van der Waals surface area contributed by atoms with Gasteiger partial charge in [-0.15, -0.1) is 11.3 Å². The minimum atomic E-state index is -3.67. The van der Waals surface area contributed by atoms with Crippen molar-refractivity contribution in [2.24, 2.45) is 0 Å². The number of rotatable bonds is 9. The molecule has 0 aliphatic carbocycles. The zero-order valence-corrected chi connectivity index (χ0v) is 17.3. The molecule has 0 aliphatic heterocycles. The normalized spacial score (nSPS) is 11.4. The van der Waals surface area contributed by atoms with Crippen LogP contribution in [-0.2, 0) is 10.0 Å². The maximum atomic E-state index is 12.9. The molecule has 9 heteroatoms. The molecule has 0 atom stereocenters. The molecule has 0 unspecified atom stereocenters. The molecule has 1 aromatic heterocycles. The fourth-order valence-corrected chi connectivity index (χ4v) is 4.41. The van der Waals surface area contributed by atoms with E-state index in [0.29, 0.717) is 29.4 Å². The van der Waals surface area contributed by atoms with Crippen molar-refractivity contribution in [2.75, 3.05) is 18.4 Å². The first-order valence-corrected chi connectivity index (χ1v) is 11.3. The fraction of sp³-hybridized carbons (Fsp3) is 0.200. The van der Waals surface area contributed by atoms with E-state index in [0.717, 1.165) is 17.7 Å². The van der Waals surface area contributed by atoms with Gasteiger partial charge >= 0.3 is 0 Å². The number of ketones is 1. The molecule has 6 nitrogen and oxygen atoms in total. The van der Waals surface area contributed by atoms with E-state index in [4.69, 9.17) is 0 Å². The standard InChI is InChI=1S/C20H20FN3O3S2/c1-14-5-2-3-6-17(14)19(25)18-13-28-20(24-18)22-11-4-12-23-29(26,27)16-9-7-15(21)8-10-16/h2-3,5-10,13,23H,4,11-12H2,1H3,(H,22,24). The molecular weight excluding hydrogens is 413 g/mol. The molecular formula is C20H20FN3O3S2. The third kappa shape index (κ3) is 5.47. The van der Waals surface area contributed by atoms with Gasteiger partial charge in [0.25, 0.3) is 0 Å². The largest absolute Gasteiger partial charge is 0.361 e. The summed E-state index contributed by atoms with van der Waals surface area (Å²) in [4.78, 5) is 16.9. The Labute approximate surface area is 172 Å². The first-order chi connectivity index (χ1) is 13.9. The lowest BCUT2D eigenvalue weighted by atomic mass is 10.0. The van der Waals surface area contributed by atoms with Crippen molar-refractivity contribution in [3.63, 3.8) is 0 Å². The second-order valence-corrected chi connectivity index (χ2v) is 8.94. The van der Waals surface area contributed by atoms with E-state index in [1.165, 1.54) is 23.5 Å². The Bertz CT molecular complexity index is 1100. The maximum Gasteiger partial charge on any atom is 0.240 e. The van der Waals surface area contributed by atoms with Crippen molar-refractivity contribution in [1.29, 1.82) is 0 Å². The summed E-state index contributed by atoms with van der Waals surface area (Å²) in [5, 5.41) is 5.39. The molecule has 2 N–H and O–H groups in total. The van der Waals surface area contributed by atoms with Crippen molar-refractivity contribution in [1.82, 2.24) is 9.71 Å². The second-order valence-electron chi connectivity index (χ2n) is 6.31. The van der Waals surface area contributed by atoms with Crippen LogP contribution in [-0.4, -0.2) is 32.3 Å². The van der Waals surface area contributed by atoms with Crippen LogP contribution in [0.25, 0.3) is 0 Å². The van der Waals surface area contributed by atoms with Crippen LogP contribution in [0.15, 0.2) is 58.8 Å². The van der Waals surface area contributed by atoms with E-state index in [-0.39, 0.29) is 17.2 Å². The molecule has 1 heterocycles. The van der Waals surface area contributed by atoms with Crippen LogP contribution < -0.4 is 10.0 Å². The fourth-order valence-electron chi connectivity index (χ4n) is 2.61. The molecule has 3 rings (SSSR count). The molecule has 0 fully saturated rings. The topological polar surface area (TPSA) is 88.2 Å². The van der Waals surface area contributed by atoms with Gasteiger partial charge in [0, 0.05) is 24.0 Å². The van der Waals surface area contributed by atoms with Gasteiger partial charge in [0.15, 0.2) is 5.13 Å². The highest BCUT2D eigenvalue weighted by atomic mass is 32.2. The van der Waals surface area contributed by atoms with Gasteiger partial charge in [-0.2, -0.15) is 0 Å². The van der Waals surface area contributed by atoms with Gasteiger partial charge in [0.1, 0.15) is 11.5 Å². The second kappa shape index (κ2) is 9.25. The summed E-state index contributed by atoms with van der Waals surface area (Å²) in [5.41, 5.74) is 1.90. The number of aromatic nitrogens is 1. The summed E-state index contributed by atoms with van der Waals surface area (Å²) in [6, 6.07) is 12.0. The Hall–Kier alpha value is -2.62. The number of sulfonamides is 1. The predicted octanol–water partition coefficient (Wildman–Crippen LogP) is 3.60. The molecule has 152 valence electrons. The maximum absolute atomic E-state index is 12.9. The van der Waals surface area contributed by atoms with Crippen molar-refractivity contribution in [3.8, 4) is 0 Å². The Morgan fingerprint density at radius 2 is 1.83 bits per heavy atom. The zero-order valence-electron chi connectivity index (χ0n) is 15.7. The number of nitrogens with one attached hydrogen (secondary N) is 2. The van der Waals surface area contributed by atoms with Crippen molar-refractivity contribution in [2.45, 2.75) is 18.2 Å². The third-order valence-electron chi connectivity index (χ3n) is 4.17. The number of halogens is 1. The van der Waals surface area contributed by atoms with Crippen molar-refractivity contribution >= 4 is 32.3 Å². The smallest absolute Gasteiger partial charge is 0.240 e. The lowest BCUT2D eigenvalue weighted by Crippen LogP contribution is -2.26. The summed E-state index contributed by atoms with van der Waals surface area (Å²) in [6.45, 7) is 2.58. The highest BCUT2D eigenvalue weighted by Crippen LogP contribution is 2.19. The van der Waals surface area contributed by atoms with Crippen LogP contribution >= 0.6 is 11.3 Å². The first-order valence-electron chi connectivity index (χ1n) is 8.92. The van der Waals surface area contributed by atoms with Crippen LogP contribution in [0.1, 0.15) is 28.0 Å². The Balaban J connectivity index is 1.47. The van der Waals surface area contributed by atoms with Gasteiger partial charge in [-0.25, -0.2) is 22.5 Å². The molecule has 2 aromatic carbocycles. The van der Waals surface area contributed by atoms with Gasteiger partial charge in [-0.1, -0.05) is 24.3 Å². The van der Waals surface area contributed by atoms with Gasteiger partial charge in [-0.3, -0.25) is 4.79 Å². The van der Waals surface area contributed by atoms with Crippen LogP contribution in [0.2, 0.25) is 0 Å². The zero-order chi connectivity index (χ0) is 20.9. The number of carbonyl (C=O) groups excluding carboxylic acids is 1. The van der Waals surface area contributed by atoms with E-state index in [1.807, 2.05) is 25.1 Å². The number of aryl methyl sites for hydroxylation is 1. The van der Waals surface area contributed by atoms with Gasteiger partial charge in [0.2, 0.25) is 15.8 Å². The minimum absolute atomic E-state index is 0.0196. The van der Waals surface area contributed by atoms with E-state index < -0.39 is 15.8 Å². The Morgan fingerprint density at radius 1 is 1.10 bits per heavy atom. The van der Waals surface area contributed by atoms with E-state index in [2.05, 4.69) is 15.0 Å². The minimum Gasteiger partial charge on any atom is -0.361 e. The average Bonchev–Trinajstić information content (AvgIpc) is 3.17. The Morgan fingerprint density at radius 3 is 2.55 bits per heavy atom. The van der Waals surface area contributed by atoms with Crippen LogP contribution in [0.3, 0.4) is 0 Å². The molecule has 0 bridgehead atoms. The number of anilines is 1. The Kier molecular flexibility index (Phi) is 6.73. The van der Waals surface area contributed by atoms with Crippen molar-refractivity contribution in [3.05, 3.63) is 76.5 Å². The van der Waals surface area contributed by atoms with Crippen LogP contribution in [0, 0.1) is 12.7 Å². The quantitative estimate of drug-likeness (QED) is 0.398. The molecule has 0 spiro atoms. The molecule has 29 heavy (non-hydrogen) atoms. The summed E-state index contributed by atoms with van der Waals surface area (Å²) in [7, 11) is -3.67. The molecule has 3 aromatic rings. The number of hydrogen-bond donors (Lipinski definition) is 2. The van der Waals surface area contributed by atoms with Crippen LogP contribution in [0.4, 0.5) is 9.52 Å². The summed E-state index contributed by atoms with van der Waals surface area (Å²) in [6.07, 6.45) is 0.515. The van der Waals surface area contributed by atoms with Gasteiger partial charge < -0.3 is 5.32 Å². The summed E-state index contributed by atoms with van der Waals surface area (Å²) >= 11 is 1.32. The average molecular weight is 434 g/mol. The summed E-state index contributed by atoms with van der Waals surface area (Å²) in [5.74, 6) is -0.615. The van der Waals surface area contributed by atoms with Gasteiger partial charge in [-0.05, 0) is 43.2 Å². The third-order valence-corrected chi connectivity index (χ3v) is 6.45. The lowest BCUT2D eigenvalue weighted by molar-refractivity contribution is 0.103. The molecule has 0 saturated heterocycles. The monoisotopic (exact) mass is 433 g/mol. The highest BCUT2D eigenvalue weighted by Gasteiger charge is 2.15. The number of nitrogens with zero attached hydrogens (tertiary/aromatic N) is 1. The van der Waals surface area contributed by atoms with Crippen LogP contribution in [0.5, 0.6) is 0 Å². The first kappa shape index (κ1) is 21.1. The molecule has 0 aliphatic rings. The number of carbonyl (C=O) groups is 1. The molecule has 0 saturated carbocycles.